The van der Waals surface area contributed by atoms with Gasteiger partial charge in [0.15, 0.2) is 0 Å². The van der Waals surface area contributed by atoms with E-state index in [1.807, 2.05) is 13.8 Å². The predicted octanol–water partition coefficient (Wildman–Crippen LogP) is 3.06. The van der Waals surface area contributed by atoms with Gasteiger partial charge in [0.1, 0.15) is 5.82 Å². The highest BCUT2D eigenvalue weighted by Crippen LogP contribution is 2.17. The Morgan fingerprint density at radius 3 is 2.68 bits per heavy atom. The van der Waals surface area contributed by atoms with Crippen LogP contribution in [0.5, 0.6) is 0 Å². The highest BCUT2D eigenvalue weighted by Gasteiger charge is 2.16. The fourth-order valence-corrected chi connectivity index (χ4v) is 2.04. The van der Waals surface area contributed by atoms with Crippen LogP contribution >= 0.6 is 15.9 Å². The van der Waals surface area contributed by atoms with Crippen LogP contribution < -0.4 is 5.73 Å². The fourth-order valence-electron chi connectivity index (χ4n) is 1.63. The van der Waals surface area contributed by atoms with Gasteiger partial charge in [-0.15, -0.1) is 0 Å². The summed E-state index contributed by atoms with van der Waals surface area (Å²) in [6, 6.07) is 4.71. The van der Waals surface area contributed by atoms with Crippen LogP contribution in [-0.4, -0.2) is 23.4 Å². The zero-order chi connectivity index (χ0) is 14.6. The molecule has 0 aliphatic carbocycles. The summed E-state index contributed by atoms with van der Waals surface area (Å²) < 4.78 is 14.4. The molecule has 3 nitrogen and oxygen atoms in total. The van der Waals surface area contributed by atoms with E-state index in [9.17, 15) is 9.18 Å². The number of nitrogens with zero attached hydrogens (tertiary/aromatic N) is 1. The molecule has 1 amide bonds. The minimum Gasteiger partial charge on any atom is -0.341 e. The van der Waals surface area contributed by atoms with E-state index >= 15 is 0 Å². The molecule has 0 aliphatic rings. The molecule has 1 aromatic rings. The third-order valence-electron chi connectivity index (χ3n) is 2.82. The fraction of sp³-hybridized carbons (Fsp3) is 0.500. The van der Waals surface area contributed by atoms with E-state index in [1.165, 1.54) is 11.0 Å². The first-order chi connectivity index (χ1) is 8.69. The zero-order valence-electron chi connectivity index (χ0n) is 11.5. The Morgan fingerprint density at radius 1 is 1.47 bits per heavy atom. The summed E-state index contributed by atoms with van der Waals surface area (Å²) in [5.41, 5.74) is 5.98. The third kappa shape index (κ3) is 5.70. The molecule has 0 aromatic heterocycles. The number of nitrogens with two attached hydrogens (primary N) is 1. The van der Waals surface area contributed by atoms with Crippen molar-refractivity contribution >= 4 is 21.8 Å². The number of carbonyl (C=O) groups excluding carboxylic acids is 1. The number of halogens is 2. The van der Waals surface area contributed by atoms with Gasteiger partial charge in [0.2, 0.25) is 5.91 Å². The van der Waals surface area contributed by atoms with Gasteiger partial charge < -0.3 is 10.6 Å². The Balaban J connectivity index is 2.61. The molecule has 0 spiro atoms. The number of benzene rings is 1. The molecular formula is C14H20BrFN2O. The van der Waals surface area contributed by atoms with Gasteiger partial charge in [-0.2, -0.15) is 0 Å². The van der Waals surface area contributed by atoms with Gasteiger partial charge in [0.05, 0.1) is 0 Å². The second-order valence-corrected chi connectivity index (χ2v) is 6.39. The Hall–Kier alpha value is -0.940. The smallest absolute Gasteiger partial charge is 0.222 e. The van der Waals surface area contributed by atoms with Crippen molar-refractivity contribution in [3.05, 3.63) is 34.1 Å². The molecule has 0 atom stereocenters. The molecule has 0 saturated heterocycles. The lowest BCUT2D eigenvalue weighted by Gasteiger charge is -2.22. The van der Waals surface area contributed by atoms with Crippen LogP contribution in [0, 0.1) is 5.82 Å². The molecule has 2 N–H and O–H groups in total. The molecule has 5 heteroatoms. The van der Waals surface area contributed by atoms with E-state index < -0.39 is 0 Å². The maximum Gasteiger partial charge on any atom is 0.222 e. The highest BCUT2D eigenvalue weighted by molar-refractivity contribution is 9.10. The van der Waals surface area contributed by atoms with Crippen LogP contribution in [0.1, 0.15) is 32.3 Å². The first kappa shape index (κ1) is 16.1. The summed E-state index contributed by atoms with van der Waals surface area (Å²) in [5.74, 6) is -0.333. The second-order valence-electron chi connectivity index (χ2n) is 5.47. The minimum absolute atomic E-state index is 0.0297. The maximum absolute atomic E-state index is 13.6. The Kier molecular flexibility index (Phi) is 5.50. The molecule has 0 unspecified atom stereocenters. The molecule has 1 rings (SSSR count). The second kappa shape index (κ2) is 6.48. The standard InChI is InChI=1S/C14H20BrFN2O/c1-14(2,17)7-6-13(19)18(3)9-10-8-11(15)4-5-12(10)16/h4-5,8H,6-7,9,17H2,1-3H3. The first-order valence-corrected chi connectivity index (χ1v) is 6.95. The average Bonchev–Trinajstić information content (AvgIpc) is 2.29. The monoisotopic (exact) mass is 330 g/mol. The molecule has 0 radical (unpaired) electrons. The van der Waals surface area contributed by atoms with Gasteiger partial charge in [0, 0.05) is 35.6 Å². The van der Waals surface area contributed by atoms with E-state index in [2.05, 4.69) is 15.9 Å². The Labute approximate surface area is 122 Å². The molecule has 106 valence electrons. The lowest BCUT2D eigenvalue weighted by molar-refractivity contribution is -0.130. The summed E-state index contributed by atoms with van der Waals surface area (Å²) in [6.45, 7) is 4.03. The van der Waals surface area contributed by atoms with E-state index in [1.54, 1.807) is 19.2 Å². The van der Waals surface area contributed by atoms with Crippen molar-refractivity contribution in [1.82, 2.24) is 4.90 Å². The molecular weight excluding hydrogens is 311 g/mol. The van der Waals surface area contributed by atoms with Crippen molar-refractivity contribution in [2.45, 2.75) is 38.8 Å². The van der Waals surface area contributed by atoms with Gasteiger partial charge in [-0.1, -0.05) is 15.9 Å². The molecule has 1 aromatic carbocycles. The van der Waals surface area contributed by atoms with Crippen molar-refractivity contribution in [3.63, 3.8) is 0 Å². The first-order valence-electron chi connectivity index (χ1n) is 6.16. The number of rotatable bonds is 5. The van der Waals surface area contributed by atoms with Crippen molar-refractivity contribution < 1.29 is 9.18 Å². The van der Waals surface area contributed by atoms with Crippen LogP contribution in [0.15, 0.2) is 22.7 Å². The van der Waals surface area contributed by atoms with Crippen LogP contribution in [0.25, 0.3) is 0 Å². The van der Waals surface area contributed by atoms with Gasteiger partial charge >= 0.3 is 0 Å². The van der Waals surface area contributed by atoms with Crippen LogP contribution in [0.2, 0.25) is 0 Å². The number of carbonyl (C=O) groups is 1. The van der Waals surface area contributed by atoms with Crippen molar-refractivity contribution in [1.29, 1.82) is 0 Å². The quantitative estimate of drug-likeness (QED) is 0.901. The Morgan fingerprint density at radius 2 is 2.11 bits per heavy atom. The topological polar surface area (TPSA) is 46.3 Å². The van der Waals surface area contributed by atoms with E-state index in [4.69, 9.17) is 5.73 Å². The van der Waals surface area contributed by atoms with Gasteiger partial charge in [-0.3, -0.25) is 4.79 Å². The summed E-state index contributed by atoms with van der Waals surface area (Å²) in [5, 5.41) is 0. The molecule has 0 bridgehead atoms. The van der Waals surface area contributed by atoms with Crippen molar-refractivity contribution in [2.75, 3.05) is 7.05 Å². The highest BCUT2D eigenvalue weighted by atomic mass is 79.9. The summed E-state index contributed by atoms with van der Waals surface area (Å²) >= 11 is 3.29. The van der Waals surface area contributed by atoms with Gasteiger partial charge in [-0.25, -0.2) is 4.39 Å². The van der Waals surface area contributed by atoms with Crippen LogP contribution in [0.3, 0.4) is 0 Å². The lowest BCUT2D eigenvalue weighted by Crippen LogP contribution is -2.35. The third-order valence-corrected chi connectivity index (χ3v) is 3.32. The number of hydrogen-bond acceptors (Lipinski definition) is 2. The molecule has 0 saturated carbocycles. The van der Waals surface area contributed by atoms with Crippen LogP contribution in [-0.2, 0) is 11.3 Å². The predicted molar refractivity (Wildman–Crippen MR) is 78.1 cm³/mol. The summed E-state index contributed by atoms with van der Waals surface area (Å²) in [7, 11) is 1.67. The summed E-state index contributed by atoms with van der Waals surface area (Å²) in [6.07, 6.45) is 0.979. The average molecular weight is 331 g/mol. The number of amides is 1. The lowest BCUT2D eigenvalue weighted by atomic mass is 10.00. The maximum atomic E-state index is 13.6. The molecule has 0 aliphatic heterocycles. The van der Waals surface area contributed by atoms with Gasteiger partial charge in [-0.05, 0) is 38.5 Å². The zero-order valence-corrected chi connectivity index (χ0v) is 13.1. The van der Waals surface area contributed by atoms with Crippen LogP contribution in [0.4, 0.5) is 4.39 Å². The normalized spacial score (nSPS) is 11.5. The SMILES string of the molecule is CN(Cc1cc(Br)ccc1F)C(=O)CCC(C)(C)N. The van der Waals surface area contributed by atoms with Crippen molar-refractivity contribution in [2.24, 2.45) is 5.73 Å². The Bertz CT molecular complexity index is 457. The van der Waals surface area contributed by atoms with E-state index in [-0.39, 0.29) is 23.8 Å². The summed E-state index contributed by atoms with van der Waals surface area (Å²) in [4.78, 5) is 13.5. The van der Waals surface area contributed by atoms with E-state index in [0.717, 1.165) is 4.47 Å². The molecule has 19 heavy (non-hydrogen) atoms. The van der Waals surface area contributed by atoms with Gasteiger partial charge in [0.25, 0.3) is 0 Å². The minimum atomic E-state index is -0.364. The molecule has 0 heterocycles. The van der Waals surface area contributed by atoms with Crippen molar-refractivity contribution in [3.8, 4) is 0 Å². The molecule has 0 fully saturated rings. The number of hydrogen-bond donors (Lipinski definition) is 1. The van der Waals surface area contributed by atoms with E-state index in [0.29, 0.717) is 18.4 Å². The largest absolute Gasteiger partial charge is 0.341 e.